The van der Waals surface area contributed by atoms with Gasteiger partial charge in [0, 0.05) is 35.7 Å². The second-order valence-corrected chi connectivity index (χ2v) is 9.35. The van der Waals surface area contributed by atoms with E-state index in [1.165, 1.54) is 11.3 Å². The third kappa shape index (κ3) is 4.54. The third-order valence-electron chi connectivity index (χ3n) is 6.02. The van der Waals surface area contributed by atoms with Gasteiger partial charge in [0.2, 0.25) is 16.9 Å². The summed E-state index contributed by atoms with van der Waals surface area (Å²) in [6.45, 7) is 4.17. The van der Waals surface area contributed by atoms with E-state index in [1.54, 1.807) is 22.8 Å². The van der Waals surface area contributed by atoms with E-state index in [4.69, 9.17) is 9.72 Å². The first-order chi connectivity index (χ1) is 16.9. The molecule has 1 saturated heterocycles. The number of benzene rings is 2. The second kappa shape index (κ2) is 9.34. The Hall–Kier alpha value is -3.98. The quantitative estimate of drug-likeness (QED) is 0.429. The summed E-state index contributed by atoms with van der Waals surface area (Å²) >= 11 is 1.43. The number of hydrogen-bond acceptors (Lipinski definition) is 6. The second-order valence-electron chi connectivity index (χ2n) is 8.51. The largest absolute Gasteiger partial charge is 0.497 e. The number of nitrogens with zero attached hydrogens (tertiary/aromatic N) is 4. The van der Waals surface area contributed by atoms with Gasteiger partial charge in [0.1, 0.15) is 11.6 Å². The fourth-order valence-electron chi connectivity index (χ4n) is 4.22. The van der Waals surface area contributed by atoms with Crippen molar-refractivity contribution in [3.8, 4) is 22.1 Å². The number of carbonyl (C=O) groups is 2. The van der Waals surface area contributed by atoms with Crippen molar-refractivity contribution in [1.82, 2.24) is 14.8 Å². The van der Waals surface area contributed by atoms with Crippen LogP contribution >= 0.6 is 11.3 Å². The Morgan fingerprint density at radius 3 is 2.77 bits per heavy atom. The standard InChI is InChI=1S/C26H25N5O3S/c1-16-7-4-5-10-22(16)30-14-19(13-24(30)32)25(33)28-23-11-17(2)29-31(23)26-27-21(15-35-26)18-8-6-9-20(12-18)34-3/h4-12,15,19H,13-14H2,1-3H3,(H,28,33)/t19-/m0/s1. The van der Waals surface area contributed by atoms with Crippen LogP contribution in [0.4, 0.5) is 11.5 Å². The number of para-hydroxylation sites is 1. The lowest BCUT2D eigenvalue weighted by molar-refractivity contribution is -0.122. The van der Waals surface area contributed by atoms with Gasteiger partial charge >= 0.3 is 0 Å². The number of ether oxygens (including phenoxy) is 1. The smallest absolute Gasteiger partial charge is 0.230 e. The van der Waals surface area contributed by atoms with Gasteiger partial charge in [0.15, 0.2) is 0 Å². The van der Waals surface area contributed by atoms with Crippen molar-refractivity contribution in [2.24, 2.45) is 5.92 Å². The number of amides is 2. The Balaban J connectivity index is 1.35. The van der Waals surface area contributed by atoms with Crippen LogP contribution in [-0.4, -0.2) is 40.2 Å². The van der Waals surface area contributed by atoms with Gasteiger partial charge in [-0.1, -0.05) is 30.3 Å². The van der Waals surface area contributed by atoms with Gasteiger partial charge in [0.25, 0.3) is 0 Å². The zero-order valence-electron chi connectivity index (χ0n) is 19.7. The Morgan fingerprint density at radius 2 is 1.97 bits per heavy atom. The number of carbonyl (C=O) groups excluding carboxylic acids is 2. The molecule has 0 saturated carbocycles. The Kier molecular flexibility index (Phi) is 6.08. The average Bonchev–Trinajstić information content (AvgIpc) is 3.58. The molecular formula is C26H25N5O3S. The summed E-state index contributed by atoms with van der Waals surface area (Å²) < 4.78 is 6.95. The van der Waals surface area contributed by atoms with Crippen molar-refractivity contribution in [1.29, 1.82) is 0 Å². The molecule has 4 aromatic rings. The highest BCUT2D eigenvalue weighted by Crippen LogP contribution is 2.30. The molecule has 1 atom stereocenters. The summed E-state index contributed by atoms with van der Waals surface area (Å²) in [7, 11) is 1.63. The molecule has 9 heteroatoms. The van der Waals surface area contributed by atoms with E-state index < -0.39 is 5.92 Å². The van der Waals surface area contributed by atoms with Crippen LogP contribution in [-0.2, 0) is 9.59 Å². The summed E-state index contributed by atoms with van der Waals surface area (Å²) in [5.74, 6) is 0.577. The minimum Gasteiger partial charge on any atom is -0.497 e. The fraction of sp³-hybridized carbons (Fsp3) is 0.231. The van der Waals surface area contributed by atoms with Gasteiger partial charge in [-0.3, -0.25) is 9.59 Å². The van der Waals surface area contributed by atoms with Crippen LogP contribution in [0.3, 0.4) is 0 Å². The Labute approximate surface area is 207 Å². The average molecular weight is 488 g/mol. The maximum absolute atomic E-state index is 13.2. The van der Waals surface area contributed by atoms with E-state index in [-0.39, 0.29) is 18.2 Å². The molecule has 5 rings (SSSR count). The molecule has 0 aliphatic carbocycles. The first kappa shape index (κ1) is 22.8. The summed E-state index contributed by atoms with van der Waals surface area (Å²) in [5, 5.41) is 10.1. The van der Waals surface area contributed by atoms with E-state index >= 15 is 0 Å². The van der Waals surface area contributed by atoms with Gasteiger partial charge in [-0.15, -0.1) is 11.3 Å². The van der Waals surface area contributed by atoms with Crippen LogP contribution in [0.5, 0.6) is 5.75 Å². The van der Waals surface area contributed by atoms with Crippen LogP contribution in [0.25, 0.3) is 16.4 Å². The Bertz CT molecular complexity index is 1410. The van der Waals surface area contributed by atoms with Crippen LogP contribution in [0, 0.1) is 19.8 Å². The van der Waals surface area contributed by atoms with Gasteiger partial charge < -0.3 is 15.0 Å². The molecule has 8 nitrogen and oxygen atoms in total. The van der Waals surface area contributed by atoms with Crippen LogP contribution < -0.4 is 15.0 Å². The minimum atomic E-state index is -0.450. The van der Waals surface area contributed by atoms with Crippen molar-refractivity contribution in [3.63, 3.8) is 0 Å². The molecule has 0 radical (unpaired) electrons. The molecule has 3 heterocycles. The van der Waals surface area contributed by atoms with Crippen molar-refractivity contribution in [2.45, 2.75) is 20.3 Å². The van der Waals surface area contributed by atoms with Crippen molar-refractivity contribution in [3.05, 3.63) is 71.2 Å². The Morgan fingerprint density at radius 1 is 1.14 bits per heavy atom. The zero-order chi connectivity index (χ0) is 24.5. The maximum Gasteiger partial charge on any atom is 0.230 e. The van der Waals surface area contributed by atoms with Gasteiger partial charge in [-0.2, -0.15) is 9.78 Å². The topological polar surface area (TPSA) is 89.3 Å². The number of rotatable bonds is 6. The number of aromatic nitrogens is 3. The lowest BCUT2D eigenvalue weighted by Gasteiger charge is -2.19. The minimum absolute atomic E-state index is 0.0491. The summed E-state index contributed by atoms with van der Waals surface area (Å²) in [6.07, 6.45) is 0.171. The molecule has 1 N–H and O–H groups in total. The van der Waals surface area contributed by atoms with Crippen LogP contribution in [0.1, 0.15) is 17.7 Å². The van der Waals surface area contributed by atoms with E-state index in [1.807, 2.05) is 67.8 Å². The summed E-state index contributed by atoms with van der Waals surface area (Å²) in [6, 6.07) is 17.2. The van der Waals surface area contributed by atoms with Crippen LogP contribution in [0.15, 0.2) is 60.0 Å². The molecule has 2 aromatic heterocycles. The number of hydrogen-bond donors (Lipinski definition) is 1. The van der Waals surface area contributed by atoms with E-state index in [0.29, 0.717) is 17.5 Å². The number of aryl methyl sites for hydroxylation is 2. The molecule has 1 aliphatic heterocycles. The zero-order valence-corrected chi connectivity index (χ0v) is 20.5. The SMILES string of the molecule is COc1cccc(-c2csc(-n3nc(C)cc3NC(=O)[C@H]3CC(=O)N(c4ccccc4C)C3)n2)c1. The van der Waals surface area contributed by atoms with Crippen LogP contribution in [0.2, 0.25) is 0 Å². The van der Waals surface area contributed by atoms with E-state index in [0.717, 1.165) is 34.0 Å². The van der Waals surface area contributed by atoms with Gasteiger partial charge in [-0.05, 0) is 37.6 Å². The first-order valence-electron chi connectivity index (χ1n) is 11.3. The fourth-order valence-corrected chi connectivity index (χ4v) is 5.02. The summed E-state index contributed by atoms with van der Waals surface area (Å²) in [5.41, 5.74) is 4.34. The number of nitrogens with one attached hydrogen (secondary N) is 1. The van der Waals surface area contributed by atoms with Gasteiger partial charge in [-0.25, -0.2) is 4.98 Å². The molecule has 0 spiro atoms. The van der Waals surface area contributed by atoms with Crippen molar-refractivity contribution in [2.75, 3.05) is 23.9 Å². The number of methoxy groups -OCH3 is 1. The highest BCUT2D eigenvalue weighted by molar-refractivity contribution is 7.12. The van der Waals surface area contributed by atoms with Crippen molar-refractivity contribution >= 4 is 34.7 Å². The van der Waals surface area contributed by atoms with E-state index in [9.17, 15) is 9.59 Å². The summed E-state index contributed by atoms with van der Waals surface area (Å²) in [4.78, 5) is 32.3. The monoisotopic (exact) mass is 487 g/mol. The maximum atomic E-state index is 13.2. The number of anilines is 2. The molecule has 178 valence electrons. The lowest BCUT2D eigenvalue weighted by atomic mass is 10.1. The molecule has 0 bridgehead atoms. The molecule has 0 unspecified atom stereocenters. The normalized spacial score (nSPS) is 15.5. The first-order valence-corrected chi connectivity index (χ1v) is 12.1. The highest BCUT2D eigenvalue weighted by Gasteiger charge is 2.36. The molecule has 1 fully saturated rings. The predicted molar refractivity (Wildman–Crippen MR) is 136 cm³/mol. The third-order valence-corrected chi connectivity index (χ3v) is 6.84. The number of thiazole rings is 1. The molecule has 2 aromatic carbocycles. The molecule has 35 heavy (non-hydrogen) atoms. The lowest BCUT2D eigenvalue weighted by Crippen LogP contribution is -2.29. The molecular weight excluding hydrogens is 462 g/mol. The predicted octanol–water partition coefficient (Wildman–Crippen LogP) is 4.61. The molecule has 1 aliphatic rings. The van der Waals surface area contributed by atoms with Gasteiger partial charge in [0.05, 0.1) is 24.4 Å². The highest BCUT2D eigenvalue weighted by atomic mass is 32.1. The van der Waals surface area contributed by atoms with E-state index in [2.05, 4.69) is 10.4 Å². The molecule has 2 amide bonds. The van der Waals surface area contributed by atoms with Crippen molar-refractivity contribution < 1.29 is 14.3 Å².